The first-order valence-electron chi connectivity index (χ1n) is 9.10. The number of hydrogen-bond acceptors (Lipinski definition) is 4. The maximum atomic E-state index is 12.8. The van der Waals surface area contributed by atoms with Gasteiger partial charge in [0.1, 0.15) is 11.3 Å². The van der Waals surface area contributed by atoms with E-state index >= 15 is 0 Å². The van der Waals surface area contributed by atoms with E-state index < -0.39 is 23.5 Å². The summed E-state index contributed by atoms with van der Waals surface area (Å²) in [4.78, 5) is 26.9. The van der Waals surface area contributed by atoms with Crippen LogP contribution in [0.4, 0.5) is 4.79 Å². The molecule has 138 valence electrons. The zero-order valence-electron chi connectivity index (χ0n) is 15.7. The molecular weight excluding hydrogens is 308 g/mol. The monoisotopic (exact) mass is 340 g/mol. The van der Waals surface area contributed by atoms with Gasteiger partial charge in [-0.25, -0.2) is 4.79 Å². The van der Waals surface area contributed by atoms with Crippen molar-refractivity contribution in [2.45, 2.75) is 96.6 Å². The van der Waals surface area contributed by atoms with Crippen LogP contribution in [0.3, 0.4) is 0 Å². The summed E-state index contributed by atoms with van der Waals surface area (Å²) >= 11 is 0. The highest BCUT2D eigenvalue weighted by Crippen LogP contribution is 2.36. The summed E-state index contributed by atoms with van der Waals surface area (Å²) in [5, 5.41) is 2.95. The van der Waals surface area contributed by atoms with Gasteiger partial charge in [0.05, 0.1) is 6.04 Å². The molecule has 0 aliphatic carbocycles. The molecule has 2 heterocycles. The number of carbonyl (C=O) groups is 2. The molecule has 0 radical (unpaired) electrons. The van der Waals surface area contributed by atoms with Gasteiger partial charge >= 0.3 is 6.09 Å². The average Bonchev–Trinajstić information content (AvgIpc) is 2.68. The molecular formula is C18H32N2O4. The Labute approximate surface area is 145 Å². The van der Waals surface area contributed by atoms with E-state index in [1.54, 1.807) is 4.90 Å². The van der Waals surface area contributed by atoms with Gasteiger partial charge in [-0.15, -0.1) is 0 Å². The largest absolute Gasteiger partial charge is 0.444 e. The predicted molar refractivity (Wildman–Crippen MR) is 91.5 cm³/mol. The first kappa shape index (κ1) is 19.0. The molecule has 6 nitrogen and oxygen atoms in total. The lowest BCUT2D eigenvalue weighted by Gasteiger charge is -2.35. The lowest BCUT2D eigenvalue weighted by molar-refractivity contribution is -0.138. The van der Waals surface area contributed by atoms with E-state index in [9.17, 15) is 9.59 Å². The van der Waals surface area contributed by atoms with Crippen LogP contribution in [0, 0.1) is 0 Å². The van der Waals surface area contributed by atoms with Crippen LogP contribution in [0.15, 0.2) is 0 Å². The fourth-order valence-corrected chi connectivity index (χ4v) is 3.48. The van der Waals surface area contributed by atoms with Gasteiger partial charge in [-0.2, -0.15) is 0 Å². The molecule has 0 spiro atoms. The summed E-state index contributed by atoms with van der Waals surface area (Å²) in [6.45, 7) is 9.84. The van der Waals surface area contributed by atoms with Crippen LogP contribution in [0.2, 0.25) is 0 Å². The Morgan fingerprint density at radius 2 is 1.83 bits per heavy atom. The maximum Gasteiger partial charge on any atom is 0.412 e. The van der Waals surface area contributed by atoms with Gasteiger partial charge in [-0.3, -0.25) is 9.69 Å². The molecule has 6 heteroatoms. The van der Waals surface area contributed by atoms with Crippen LogP contribution in [-0.4, -0.2) is 46.9 Å². The van der Waals surface area contributed by atoms with Crippen LogP contribution in [-0.2, 0) is 14.3 Å². The molecule has 1 unspecified atom stereocenters. The summed E-state index contributed by atoms with van der Waals surface area (Å²) in [7, 11) is 0. The molecule has 2 aliphatic heterocycles. The number of nitrogens with zero attached hydrogens (tertiary/aromatic N) is 1. The van der Waals surface area contributed by atoms with Gasteiger partial charge in [-0.1, -0.05) is 25.7 Å². The van der Waals surface area contributed by atoms with Crippen molar-refractivity contribution in [3.05, 3.63) is 0 Å². The number of ether oxygens (including phenoxy) is 2. The average molecular weight is 340 g/mol. The number of fused-ring (bicyclic) bond motifs is 1. The predicted octanol–water partition coefficient (Wildman–Crippen LogP) is 3.20. The highest BCUT2D eigenvalue weighted by atomic mass is 16.6. The summed E-state index contributed by atoms with van der Waals surface area (Å²) in [5.41, 5.74) is -1.44. The Balaban J connectivity index is 2.24. The third-order valence-electron chi connectivity index (χ3n) is 4.50. The first-order valence-corrected chi connectivity index (χ1v) is 9.10. The molecule has 2 atom stereocenters. The molecule has 0 bridgehead atoms. The Morgan fingerprint density at radius 3 is 2.50 bits per heavy atom. The smallest absolute Gasteiger partial charge is 0.412 e. The lowest BCUT2D eigenvalue weighted by atomic mass is 10.0. The maximum absolute atomic E-state index is 12.8. The number of nitrogens with one attached hydrogen (secondary N) is 1. The van der Waals surface area contributed by atoms with Crippen molar-refractivity contribution in [1.29, 1.82) is 0 Å². The highest BCUT2D eigenvalue weighted by Gasteiger charge is 2.53. The Kier molecular flexibility index (Phi) is 5.78. The molecule has 24 heavy (non-hydrogen) atoms. The van der Waals surface area contributed by atoms with Crippen LogP contribution in [0.1, 0.15) is 73.1 Å². The van der Waals surface area contributed by atoms with E-state index in [0.717, 1.165) is 38.5 Å². The van der Waals surface area contributed by atoms with E-state index in [1.165, 1.54) is 0 Å². The number of hydrogen-bond donors (Lipinski definition) is 1. The van der Waals surface area contributed by atoms with Gasteiger partial charge in [0.2, 0.25) is 0 Å². The van der Waals surface area contributed by atoms with Crippen LogP contribution < -0.4 is 5.32 Å². The van der Waals surface area contributed by atoms with Crippen molar-refractivity contribution in [1.82, 2.24) is 10.2 Å². The normalized spacial score (nSPS) is 28.5. The second kappa shape index (κ2) is 7.30. The summed E-state index contributed by atoms with van der Waals surface area (Å²) in [6.07, 6.45) is 5.06. The summed E-state index contributed by atoms with van der Waals surface area (Å²) in [6, 6.07) is -0.284. The second-order valence-electron chi connectivity index (χ2n) is 8.25. The van der Waals surface area contributed by atoms with Crippen LogP contribution in [0.25, 0.3) is 0 Å². The highest BCUT2D eigenvalue weighted by molar-refractivity contribution is 5.83. The zero-order chi connectivity index (χ0) is 18.0. The fourth-order valence-electron chi connectivity index (χ4n) is 3.48. The van der Waals surface area contributed by atoms with E-state index in [4.69, 9.17) is 9.47 Å². The molecule has 2 saturated heterocycles. The Bertz CT molecular complexity index is 470. The Hall–Kier alpha value is -1.30. The molecule has 2 aliphatic rings. The van der Waals surface area contributed by atoms with Crippen molar-refractivity contribution in [2.75, 3.05) is 6.54 Å². The fraction of sp³-hybridized carbons (Fsp3) is 0.889. The summed E-state index contributed by atoms with van der Waals surface area (Å²) in [5.74, 6) is -0.124. The SMILES string of the molecule is CC(C)(C)OC(=O)N1[C@H]2CCCCCCCNC(=O)C2OC1(C)C. The van der Waals surface area contributed by atoms with Crippen LogP contribution in [0.5, 0.6) is 0 Å². The van der Waals surface area contributed by atoms with Gasteiger partial charge in [0.25, 0.3) is 5.91 Å². The topological polar surface area (TPSA) is 67.9 Å². The van der Waals surface area contributed by atoms with Gasteiger partial charge in [0, 0.05) is 6.54 Å². The second-order valence-corrected chi connectivity index (χ2v) is 8.25. The molecule has 2 amide bonds. The van der Waals surface area contributed by atoms with E-state index in [1.807, 2.05) is 34.6 Å². The molecule has 0 aromatic carbocycles. The number of rotatable bonds is 0. The Morgan fingerprint density at radius 1 is 1.21 bits per heavy atom. The quantitative estimate of drug-likeness (QED) is 0.735. The van der Waals surface area contributed by atoms with Crippen molar-refractivity contribution < 1.29 is 19.1 Å². The van der Waals surface area contributed by atoms with Crippen molar-refractivity contribution in [2.24, 2.45) is 0 Å². The lowest BCUT2D eigenvalue weighted by Crippen LogP contribution is -2.51. The van der Waals surface area contributed by atoms with Crippen LogP contribution >= 0.6 is 0 Å². The number of carbonyl (C=O) groups excluding carboxylic acids is 2. The molecule has 0 aromatic heterocycles. The minimum absolute atomic E-state index is 0.124. The van der Waals surface area contributed by atoms with E-state index in [2.05, 4.69) is 5.32 Å². The van der Waals surface area contributed by atoms with Crippen molar-refractivity contribution in [3.8, 4) is 0 Å². The number of amides is 2. The van der Waals surface area contributed by atoms with E-state index in [0.29, 0.717) is 6.54 Å². The summed E-state index contributed by atoms with van der Waals surface area (Å²) < 4.78 is 11.6. The molecule has 1 N–H and O–H groups in total. The van der Waals surface area contributed by atoms with Gasteiger partial charge in [0.15, 0.2) is 6.10 Å². The van der Waals surface area contributed by atoms with Gasteiger partial charge in [-0.05, 0) is 47.5 Å². The zero-order valence-corrected chi connectivity index (χ0v) is 15.7. The van der Waals surface area contributed by atoms with Gasteiger partial charge < -0.3 is 14.8 Å². The molecule has 2 rings (SSSR count). The third kappa shape index (κ3) is 4.62. The minimum Gasteiger partial charge on any atom is -0.444 e. The molecule has 2 fully saturated rings. The van der Waals surface area contributed by atoms with Crippen molar-refractivity contribution in [3.63, 3.8) is 0 Å². The first-order chi connectivity index (χ1) is 11.1. The van der Waals surface area contributed by atoms with Crippen molar-refractivity contribution >= 4 is 12.0 Å². The standard InChI is InChI=1S/C18H32N2O4/c1-17(2,3)24-16(22)20-13-11-9-7-6-8-10-12-19-15(21)14(13)23-18(20,4)5/h13-14H,6-12H2,1-5H3,(H,19,21)/t13-,14?/m0/s1. The van der Waals surface area contributed by atoms with E-state index in [-0.39, 0.29) is 11.9 Å². The molecule has 0 aromatic rings. The third-order valence-corrected chi connectivity index (χ3v) is 4.50. The minimum atomic E-state index is -0.862. The molecule has 0 saturated carbocycles.